The highest BCUT2D eigenvalue weighted by atomic mass is 35.5. The Balaban J connectivity index is 2.07. The Hall–Kier alpha value is -2.04. The molecule has 2 rings (SSSR count). The van der Waals surface area contributed by atoms with Gasteiger partial charge in [0.15, 0.2) is 0 Å². The van der Waals surface area contributed by atoms with Crippen LogP contribution in [0.4, 0.5) is 5.69 Å². The zero-order chi connectivity index (χ0) is 15.2. The second kappa shape index (κ2) is 7.11. The van der Waals surface area contributed by atoms with Crippen molar-refractivity contribution in [2.24, 2.45) is 0 Å². The van der Waals surface area contributed by atoms with Crippen molar-refractivity contribution >= 4 is 23.2 Å². The zero-order valence-electron chi connectivity index (χ0n) is 11.4. The molecule has 0 aromatic heterocycles. The molecule has 21 heavy (non-hydrogen) atoms. The Morgan fingerprint density at radius 3 is 2.62 bits per heavy atom. The third-order valence-corrected chi connectivity index (χ3v) is 3.38. The number of hydrogen-bond donors (Lipinski definition) is 3. The SMILES string of the molecule is Nc1ccc(Cl)cc1C(=O)NC(CO)Cc1ccccc1. The molecule has 1 atom stereocenters. The fourth-order valence-electron chi connectivity index (χ4n) is 2.05. The second-order valence-corrected chi connectivity index (χ2v) is 5.21. The number of nitrogens with two attached hydrogens (primary N) is 1. The van der Waals surface area contributed by atoms with Gasteiger partial charge in [0.25, 0.3) is 5.91 Å². The Bertz CT molecular complexity index is 617. The predicted octanol–water partition coefficient (Wildman–Crippen LogP) is 2.26. The number of carbonyl (C=O) groups is 1. The molecule has 0 aliphatic heterocycles. The molecule has 1 amide bonds. The first-order chi connectivity index (χ1) is 10.1. The van der Waals surface area contributed by atoms with Crippen LogP contribution in [0.15, 0.2) is 48.5 Å². The lowest BCUT2D eigenvalue weighted by Gasteiger charge is -2.17. The summed E-state index contributed by atoms with van der Waals surface area (Å²) in [5, 5.41) is 12.6. The van der Waals surface area contributed by atoms with Gasteiger partial charge in [-0.1, -0.05) is 41.9 Å². The van der Waals surface area contributed by atoms with E-state index in [0.717, 1.165) is 5.56 Å². The van der Waals surface area contributed by atoms with Gasteiger partial charge >= 0.3 is 0 Å². The number of halogens is 1. The first kappa shape index (κ1) is 15.4. The van der Waals surface area contributed by atoms with E-state index >= 15 is 0 Å². The van der Waals surface area contributed by atoms with Gasteiger partial charge in [0.1, 0.15) is 0 Å². The van der Waals surface area contributed by atoms with Crippen LogP contribution in [0.3, 0.4) is 0 Å². The summed E-state index contributed by atoms with van der Waals surface area (Å²) < 4.78 is 0. The van der Waals surface area contributed by atoms with Gasteiger partial charge in [-0.25, -0.2) is 0 Å². The highest BCUT2D eigenvalue weighted by molar-refractivity contribution is 6.31. The number of benzene rings is 2. The van der Waals surface area contributed by atoms with Crippen LogP contribution in [-0.2, 0) is 6.42 Å². The van der Waals surface area contributed by atoms with Crippen LogP contribution in [0.2, 0.25) is 5.02 Å². The zero-order valence-corrected chi connectivity index (χ0v) is 12.2. The van der Waals surface area contributed by atoms with Gasteiger partial charge in [0, 0.05) is 10.7 Å². The normalized spacial score (nSPS) is 11.9. The monoisotopic (exact) mass is 304 g/mol. The molecule has 0 aliphatic rings. The quantitative estimate of drug-likeness (QED) is 0.742. The van der Waals surface area contributed by atoms with Crippen molar-refractivity contribution in [1.29, 1.82) is 0 Å². The summed E-state index contributed by atoms with van der Waals surface area (Å²) in [7, 11) is 0. The highest BCUT2D eigenvalue weighted by Crippen LogP contribution is 2.18. The molecule has 2 aromatic rings. The van der Waals surface area contributed by atoms with Crippen molar-refractivity contribution in [2.45, 2.75) is 12.5 Å². The number of nitrogen functional groups attached to an aromatic ring is 1. The predicted molar refractivity (Wildman–Crippen MR) is 84.4 cm³/mol. The van der Waals surface area contributed by atoms with E-state index in [-0.39, 0.29) is 18.6 Å². The minimum Gasteiger partial charge on any atom is -0.398 e. The van der Waals surface area contributed by atoms with Crippen LogP contribution in [0.5, 0.6) is 0 Å². The van der Waals surface area contributed by atoms with Gasteiger partial charge in [0.05, 0.1) is 18.2 Å². The van der Waals surface area contributed by atoms with Gasteiger partial charge in [-0.2, -0.15) is 0 Å². The fraction of sp³-hybridized carbons (Fsp3) is 0.188. The molecular weight excluding hydrogens is 288 g/mol. The van der Waals surface area contributed by atoms with Gasteiger partial charge in [-0.15, -0.1) is 0 Å². The summed E-state index contributed by atoms with van der Waals surface area (Å²) in [4.78, 5) is 12.2. The van der Waals surface area contributed by atoms with Gasteiger partial charge in [0.2, 0.25) is 0 Å². The van der Waals surface area contributed by atoms with E-state index in [1.54, 1.807) is 12.1 Å². The van der Waals surface area contributed by atoms with Gasteiger partial charge in [-0.3, -0.25) is 4.79 Å². The van der Waals surface area contributed by atoms with Gasteiger partial charge in [-0.05, 0) is 30.2 Å². The second-order valence-electron chi connectivity index (χ2n) is 4.77. The summed E-state index contributed by atoms with van der Waals surface area (Å²) in [6.07, 6.45) is 0.545. The van der Waals surface area contributed by atoms with Crippen LogP contribution < -0.4 is 11.1 Å². The molecule has 110 valence electrons. The number of aliphatic hydroxyl groups is 1. The maximum Gasteiger partial charge on any atom is 0.253 e. The topological polar surface area (TPSA) is 75.4 Å². The number of rotatable bonds is 5. The maximum atomic E-state index is 12.2. The minimum atomic E-state index is -0.377. The molecule has 0 saturated carbocycles. The first-order valence-electron chi connectivity index (χ1n) is 6.61. The van der Waals surface area contributed by atoms with Crippen molar-refractivity contribution in [2.75, 3.05) is 12.3 Å². The highest BCUT2D eigenvalue weighted by Gasteiger charge is 2.16. The molecule has 0 heterocycles. The van der Waals surface area contributed by atoms with E-state index in [2.05, 4.69) is 5.32 Å². The number of aliphatic hydroxyl groups excluding tert-OH is 1. The largest absolute Gasteiger partial charge is 0.398 e. The number of hydrogen-bond acceptors (Lipinski definition) is 3. The third kappa shape index (κ3) is 4.21. The first-order valence-corrected chi connectivity index (χ1v) is 6.98. The molecule has 2 aromatic carbocycles. The summed E-state index contributed by atoms with van der Waals surface area (Å²) in [6, 6.07) is 14.0. The lowest BCUT2D eigenvalue weighted by atomic mass is 10.1. The number of amides is 1. The smallest absolute Gasteiger partial charge is 0.253 e. The molecule has 1 unspecified atom stereocenters. The summed E-state index contributed by atoms with van der Waals surface area (Å²) in [5.41, 5.74) is 7.48. The Labute approximate surface area is 128 Å². The molecule has 4 N–H and O–H groups in total. The number of nitrogens with one attached hydrogen (secondary N) is 1. The molecule has 0 spiro atoms. The molecule has 0 fully saturated rings. The fourth-order valence-corrected chi connectivity index (χ4v) is 2.22. The molecule has 0 saturated heterocycles. The molecule has 0 bridgehead atoms. The van der Waals surface area contributed by atoms with E-state index in [9.17, 15) is 9.90 Å². The number of anilines is 1. The summed E-state index contributed by atoms with van der Waals surface area (Å²) >= 11 is 5.88. The van der Waals surface area contributed by atoms with E-state index in [1.165, 1.54) is 6.07 Å². The average molecular weight is 305 g/mol. The van der Waals surface area contributed by atoms with Crippen LogP contribution in [-0.4, -0.2) is 23.7 Å². The van der Waals surface area contributed by atoms with Crippen molar-refractivity contribution in [3.63, 3.8) is 0 Å². The van der Waals surface area contributed by atoms with Crippen molar-refractivity contribution in [3.05, 3.63) is 64.7 Å². The molecule has 0 radical (unpaired) electrons. The molecule has 5 heteroatoms. The van der Waals surface area contributed by atoms with E-state index in [4.69, 9.17) is 17.3 Å². The summed E-state index contributed by atoms with van der Waals surface area (Å²) in [5.74, 6) is -0.343. The number of carbonyl (C=O) groups excluding carboxylic acids is 1. The van der Waals surface area contributed by atoms with Crippen molar-refractivity contribution in [3.8, 4) is 0 Å². The Kier molecular flexibility index (Phi) is 5.20. The van der Waals surface area contributed by atoms with Crippen LogP contribution in [0, 0.1) is 0 Å². The Morgan fingerprint density at radius 1 is 1.24 bits per heavy atom. The molecule has 4 nitrogen and oxygen atoms in total. The van der Waals surface area contributed by atoms with Crippen LogP contribution in [0.1, 0.15) is 15.9 Å². The Morgan fingerprint density at radius 2 is 1.95 bits per heavy atom. The van der Waals surface area contributed by atoms with E-state index in [0.29, 0.717) is 22.7 Å². The van der Waals surface area contributed by atoms with Gasteiger partial charge < -0.3 is 16.2 Å². The standard InChI is InChI=1S/C16H17ClN2O2/c17-12-6-7-15(18)14(9-12)16(21)19-13(10-20)8-11-4-2-1-3-5-11/h1-7,9,13,20H,8,10,18H2,(H,19,21). The average Bonchev–Trinajstić information content (AvgIpc) is 2.50. The third-order valence-electron chi connectivity index (χ3n) is 3.14. The van der Waals surface area contributed by atoms with Crippen LogP contribution in [0.25, 0.3) is 0 Å². The van der Waals surface area contributed by atoms with E-state index in [1.807, 2.05) is 30.3 Å². The van der Waals surface area contributed by atoms with Crippen molar-refractivity contribution in [1.82, 2.24) is 5.32 Å². The van der Waals surface area contributed by atoms with E-state index < -0.39 is 0 Å². The molecular formula is C16H17ClN2O2. The lowest BCUT2D eigenvalue weighted by Crippen LogP contribution is -2.39. The molecule has 0 aliphatic carbocycles. The van der Waals surface area contributed by atoms with Crippen LogP contribution >= 0.6 is 11.6 Å². The van der Waals surface area contributed by atoms with Crippen molar-refractivity contribution < 1.29 is 9.90 Å². The lowest BCUT2D eigenvalue weighted by molar-refractivity contribution is 0.0917. The minimum absolute atomic E-state index is 0.152. The summed E-state index contributed by atoms with van der Waals surface area (Å²) in [6.45, 7) is -0.152. The maximum absolute atomic E-state index is 12.2.